The normalized spacial score (nSPS) is 13.7. The highest BCUT2D eigenvalue weighted by molar-refractivity contribution is 5.75. The van der Waals surface area contributed by atoms with E-state index < -0.39 is 6.04 Å². The van der Waals surface area contributed by atoms with Gasteiger partial charge in [-0.2, -0.15) is 0 Å². The van der Waals surface area contributed by atoms with Gasteiger partial charge >= 0.3 is 5.97 Å². The lowest BCUT2D eigenvalue weighted by molar-refractivity contribution is -0.870. The van der Waals surface area contributed by atoms with E-state index in [0.717, 1.165) is 17.4 Å². The Hall–Kier alpha value is -0.650. The van der Waals surface area contributed by atoms with Crippen LogP contribution in [-0.2, 0) is 9.53 Å². The molecule has 5 nitrogen and oxygen atoms in total. The van der Waals surface area contributed by atoms with Gasteiger partial charge in [0, 0.05) is 0 Å². The van der Waals surface area contributed by atoms with Gasteiger partial charge in [0.25, 0.3) is 0 Å². The Bertz CT molecular complexity index is 190. The maximum Gasteiger partial charge on any atom is 0.323 e. The molecule has 0 rings (SSSR count). The summed E-state index contributed by atoms with van der Waals surface area (Å²) < 4.78 is 5.83. The lowest BCUT2D eigenvalue weighted by Gasteiger charge is -2.23. The zero-order valence-electron chi connectivity index (χ0n) is 10.0. The Labute approximate surface area is 91.9 Å². The van der Waals surface area contributed by atoms with Gasteiger partial charge in [0.05, 0.1) is 21.1 Å². The van der Waals surface area contributed by atoms with Crippen molar-refractivity contribution in [3.05, 3.63) is 0 Å². The van der Waals surface area contributed by atoms with Crippen LogP contribution in [-0.4, -0.2) is 57.3 Å². The number of esters is 1. The predicted molar refractivity (Wildman–Crippen MR) is 60.1 cm³/mol. The van der Waals surface area contributed by atoms with E-state index in [0.29, 0.717) is 19.6 Å². The molecule has 0 aliphatic carbocycles. The van der Waals surface area contributed by atoms with E-state index >= 15 is 0 Å². The van der Waals surface area contributed by atoms with Crippen LogP contribution in [0.1, 0.15) is 12.8 Å². The fourth-order valence-corrected chi connectivity index (χ4v) is 0.983. The monoisotopic (exact) mass is 218 g/mol. The highest BCUT2D eigenvalue weighted by Gasteiger charge is 2.15. The minimum absolute atomic E-state index is 0.322. The second-order valence-electron chi connectivity index (χ2n) is 4.72. The summed E-state index contributed by atoms with van der Waals surface area (Å²) in [5, 5.41) is 0. The quantitative estimate of drug-likeness (QED) is 0.437. The molecule has 0 saturated heterocycles. The maximum absolute atomic E-state index is 11.3. The van der Waals surface area contributed by atoms with Crippen LogP contribution in [0.15, 0.2) is 0 Å². The Morgan fingerprint density at radius 2 is 2.00 bits per heavy atom. The van der Waals surface area contributed by atoms with Crippen LogP contribution in [0.5, 0.6) is 0 Å². The van der Waals surface area contributed by atoms with E-state index in [9.17, 15) is 4.79 Å². The van der Waals surface area contributed by atoms with Crippen molar-refractivity contribution < 1.29 is 14.0 Å². The third kappa shape index (κ3) is 8.35. The van der Waals surface area contributed by atoms with Crippen LogP contribution in [0.25, 0.3) is 0 Å². The molecule has 1 atom stereocenters. The number of rotatable bonds is 7. The minimum Gasteiger partial charge on any atom is -0.459 e. The molecular weight excluding hydrogens is 194 g/mol. The molecule has 4 N–H and O–H groups in total. The minimum atomic E-state index is -0.527. The van der Waals surface area contributed by atoms with Crippen molar-refractivity contribution in [2.75, 3.05) is 40.8 Å². The van der Waals surface area contributed by atoms with Crippen molar-refractivity contribution in [2.45, 2.75) is 18.9 Å². The van der Waals surface area contributed by atoms with Crippen LogP contribution >= 0.6 is 0 Å². The largest absolute Gasteiger partial charge is 0.459 e. The van der Waals surface area contributed by atoms with E-state index in [1.54, 1.807) is 0 Å². The number of hydrogen-bond donors (Lipinski definition) is 2. The fraction of sp³-hybridized carbons (Fsp3) is 0.900. The van der Waals surface area contributed by atoms with Gasteiger partial charge in [-0.15, -0.1) is 0 Å². The number of hydrogen-bond acceptors (Lipinski definition) is 4. The molecule has 0 aromatic heterocycles. The Morgan fingerprint density at radius 3 is 2.47 bits per heavy atom. The second-order valence-corrected chi connectivity index (χ2v) is 4.72. The molecule has 0 heterocycles. The fourth-order valence-electron chi connectivity index (χ4n) is 0.983. The summed E-state index contributed by atoms with van der Waals surface area (Å²) in [6.07, 6.45) is 1.35. The molecule has 5 heteroatoms. The average molecular weight is 218 g/mol. The highest BCUT2D eigenvalue weighted by Crippen LogP contribution is 1.97. The number of quaternary nitrogens is 1. The topological polar surface area (TPSA) is 78.3 Å². The number of carbonyl (C=O) groups excluding carboxylic acids is 1. The summed E-state index contributed by atoms with van der Waals surface area (Å²) >= 11 is 0. The lowest BCUT2D eigenvalue weighted by atomic mass is 10.2. The molecule has 0 radical (unpaired) electrons. The van der Waals surface area contributed by atoms with Crippen LogP contribution in [0.2, 0.25) is 0 Å². The number of carbonyl (C=O) groups is 1. The molecule has 0 amide bonds. The van der Waals surface area contributed by atoms with Crippen LogP contribution < -0.4 is 11.5 Å². The molecule has 0 aliphatic heterocycles. The van der Waals surface area contributed by atoms with Gasteiger partial charge in [-0.05, 0) is 19.4 Å². The van der Waals surface area contributed by atoms with Crippen LogP contribution in [0.4, 0.5) is 0 Å². The molecule has 0 spiro atoms. The standard InChI is InChI=1S/C10H24N3O2/c1-13(2,3)7-8-15-10(14)9(12)5-4-6-11/h9H,4-8,11-12H2,1-3H3/q+1/t9-/m0/s1. The zero-order valence-corrected chi connectivity index (χ0v) is 10.0. The van der Waals surface area contributed by atoms with Crippen molar-refractivity contribution in [1.82, 2.24) is 0 Å². The number of nitrogens with two attached hydrogens (primary N) is 2. The van der Waals surface area contributed by atoms with E-state index in [1.165, 1.54) is 0 Å². The van der Waals surface area contributed by atoms with Gasteiger partial charge in [-0.3, -0.25) is 4.79 Å². The van der Waals surface area contributed by atoms with Gasteiger partial charge in [-0.1, -0.05) is 0 Å². The third-order valence-corrected chi connectivity index (χ3v) is 2.03. The Kier molecular flexibility index (Phi) is 6.47. The maximum atomic E-state index is 11.3. The number of ether oxygens (including phenoxy) is 1. The molecule has 90 valence electrons. The summed E-state index contributed by atoms with van der Waals surface area (Å²) in [6, 6.07) is -0.527. The summed E-state index contributed by atoms with van der Waals surface area (Å²) in [4.78, 5) is 11.3. The summed E-state index contributed by atoms with van der Waals surface area (Å²) in [6.45, 7) is 1.76. The molecule has 0 fully saturated rings. The van der Waals surface area contributed by atoms with Crippen molar-refractivity contribution >= 4 is 5.97 Å². The van der Waals surface area contributed by atoms with E-state index in [-0.39, 0.29) is 5.97 Å². The Morgan fingerprint density at radius 1 is 1.40 bits per heavy atom. The summed E-state index contributed by atoms with van der Waals surface area (Å²) in [7, 11) is 6.13. The lowest BCUT2D eigenvalue weighted by Crippen LogP contribution is -2.40. The average Bonchev–Trinajstić information content (AvgIpc) is 2.11. The third-order valence-electron chi connectivity index (χ3n) is 2.03. The van der Waals surface area contributed by atoms with E-state index in [4.69, 9.17) is 16.2 Å². The van der Waals surface area contributed by atoms with Crippen molar-refractivity contribution in [2.24, 2.45) is 11.5 Å². The summed E-state index contributed by atoms with van der Waals surface area (Å²) in [5.41, 5.74) is 10.9. The first-order valence-electron chi connectivity index (χ1n) is 5.29. The highest BCUT2D eigenvalue weighted by atomic mass is 16.5. The van der Waals surface area contributed by atoms with Gasteiger partial charge in [0.2, 0.25) is 0 Å². The zero-order chi connectivity index (χ0) is 11.9. The molecule has 0 aromatic rings. The van der Waals surface area contributed by atoms with Gasteiger partial charge in [0.15, 0.2) is 0 Å². The molecule has 0 bridgehead atoms. The molecule has 15 heavy (non-hydrogen) atoms. The first-order chi connectivity index (χ1) is 6.87. The predicted octanol–water partition coefficient (Wildman–Crippen LogP) is -0.698. The smallest absolute Gasteiger partial charge is 0.323 e. The van der Waals surface area contributed by atoms with Gasteiger partial charge < -0.3 is 20.7 Å². The first kappa shape index (κ1) is 14.3. The number of nitrogens with zero attached hydrogens (tertiary/aromatic N) is 1. The Balaban J connectivity index is 3.64. The first-order valence-corrected chi connectivity index (χ1v) is 5.29. The SMILES string of the molecule is C[N+](C)(C)CCOC(=O)[C@@H](N)CCCN. The van der Waals surface area contributed by atoms with E-state index in [2.05, 4.69) is 0 Å². The molecule has 0 unspecified atom stereocenters. The van der Waals surface area contributed by atoms with E-state index in [1.807, 2.05) is 21.1 Å². The molecule has 0 aromatic carbocycles. The summed E-state index contributed by atoms with van der Waals surface area (Å²) in [5.74, 6) is -0.322. The van der Waals surface area contributed by atoms with Crippen LogP contribution in [0, 0.1) is 0 Å². The second kappa shape index (κ2) is 6.76. The number of likely N-dealkylation sites (N-methyl/N-ethyl adjacent to an activating group) is 1. The van der Waals surface area contributed by atoms with Gasteiger partial charge in [-0.25, -0.2) is 0 Å². The van der Waals surface area contributed by atoms with Crippen molar-refractivity contribution in [3.63, 3.8) is 0 Å². The molecule has 0 saturated carbocycles. The van der Waals surface area contributed by atoms with Crippen LogP contribution in [0.3, 0.4) is 0 Å². The van der Waals surface area contributed by atoms with Gasteiger partial charge in [0.1, 0.15) is 19.2 Å². The van der Waals surface area contributed by atoms with Crippen molar-refractivity contribution in [3.8, 4) is 0 Å². The molecule has 0 aliphatic rings. The molecular formula is C10H24N3O2+. The van der Waals surface area contributed by atoms with Crippen molar-refractivity contribution in [1.29, 1.82) is 0 Å².